The van der Waals surface area contributed by atoms with Crippen LogP contribution in [0.25, 0.3) is 0 Å². The third kappa shape index (κ3) is 2.82. The van der Waals surface area contributed by atoms with E-state index >= 15 is 0 Å². The van der Waals surface area contributed by atoms with Crippen molar-refractivity contribution in [2.45, 2.75) is 39.0 Å². The van der Waals surface area contributed by atoms with E-state index in [1.807, 2.05) is 12.4 Å². The fourth-order valence-electron chi connectivity index (χ4n) is 2.54. The summed E-state index contributed by atoms with van der Waals surface area (Å²) in [7, 11) is 0. The monoisotopic (exact) mass is 218 g/mol. The highest BCUT2D eigenvalue weighted by Crippen LogP contribution is 2.24. The highest BCUT2D eigenvalue weighted by Gasteiger charge is 2.16. The second-order valence-corrected chi connectivity index (χ2v) is 5.13. The molecule has 2 rings (SSSR count). The van der Waals surface area contributed by atoms with Gasteiger partial charge in [0.25, 0.3) is 0 Å². The number of hydrogen-bond donors (Lipinski definition) is 1. The zero-order valence-corrected chi connectivity index (χ0v) is 10.4. The number of aromatic nitrogens is 1. The smallest absolute Gasteiger partial charge is 0.0305 e. The largest absolute Gasteiger partial charge is 0.317 e. The molecule has 1 fully saturated rings. The molecular weight excluding hydrogens is 196 g/mol. The van der Waals surface area contributed by atoms with Crippen molar-refractivity contribution in [3.8, 4) is 0 Å². The first-order valence-electron chi connectivity index (χ1n) is 6.41. The molecule has 0 aliphatic carbocycles. The van der Waals surface area contributed by atoms with Crippen LogP contribution in [0.4, 0.5) is 0 Å². The summed E-state index contributed by atoms with van der Waals surface area (Å²) < 4.78 is 0. The minimum Gasteiger partial charge on any atom is -0.317 e. The number of nitrogens with zero attached hydrogens (tertiary/aromatic N) is 1. The molecule has 0 radical (unpaired) electrons. The van der Waals surface area contributed by atoms with Crippen molar-refractivity contribution >= 4 is 0 Å². The van der Waals surface area contributed by atoms with Gasteiger partial charge in [-0.2, -0.15) is 0 Å². The Morgan fingerprint density at radius 2 is 2.12 bits per heavy atom. The number of nitrogens with one attached hydrogen (secondary N) is 1. The van der Waals surface area contributed by atoms with E-state index in [-0.39, 0.29) is 0 Å². The second-order valence-electron chi connectivity index (χ2n) is 5.13. The van der Waals surface area contributed by atoms with E-state index in [0.717, 1.165) is 5.92 Å². The van der Waals surface area contributed by atoms with E-state index in [0.29, 0.717) is 5.92 Å². The van der Waals surface area contributed by atoms with Gasteiger partial charge in [-0.15, -0.1) is 0 Å². The summed E-state index contributed by atoms with van der Waals surface area (Å²) in [5.74, 6) is 1.45. The predicted molar refractivity (Wildman–Crippen MR) is 67.6 cm³/mol. The first kappa shape index (κ1) is 11.6. The number of piperidine rings is 1. The molecule has 1 aliphatic rings. The second kappa shape index (κ2) is 5.44. The number of pyridine rings is 1. The molecule has 1 aromatic heterocycles. The number of rotatable bonds is 3. The van der Waals surface area contributed by atoms with E-state index in [1.54, 1.807) is 0 Å². The molecule has 0 amide bonds. The summed E-state index contributed by atoms with van der Waals surface area (Å²) in [4.78, 5) is 4.25. The lowest BCUT2D eigenvalue weighted by atomic mass is 9.87. The molecule has 1 N–H and O–H groups in total. The van der Waals surface area contributed by atoms with Gasteiger partial charge in [0.15, 0.2) is 0 Å². The molecule has 88 valence electrons. The maximum absolute atomic E-state index is 4.25. The van der Waals surface area contributed by atoms with Gasteiger partial charge >= 0.3 is 0 Å². The van der Waals surface area contributed by atoms with Crippen LogP contribution < -0.4 is 5.32 Å². The van der Waals surface area contributed by atoms with E-state index in [9.17, 15) is 0 Å². The van der Waals surface area contributed by atoms with E-state index in [4.69, 9.17) is 0 Å². The fraction of sp³-hybridized carbons (Fsp3) is 0.643. The maximum atomic E-state index is 4.25. The van der Waals surface area contributed by atoms with Crippen LogP contribution in [0, 0.1) is 5.92 Å². The van der Waals surface area contributed by atoms with Crippen molar-refractivity contribution in [3.63, 3.8) is 0 Å². The first-order valence-corrected chi connectivity index (χ1v) is 6.41. The van der Waals surface area contributed by atoms with Crippen LogP contribution in [0.2, 0.25) is 0 Å². The number of hydrogen-bond acceptors (Lipinski definition) is 2. The minimum absolute atomic E-state index is 0.588. The molecule has 0 saturated carbocycles. The van der Waals surface area contributed by atoms with E-state index in [1.165, 1.54) is 43.5 Å². The zero-order chi connectivity index (χ0) is 11.4. The molecule has 2 nitrogen and oxygen atoms in total. The van der Waals surface area contributed by atoms with Crippen LogP contribution in [0.5, 0.6) is 0 Å². The lowest BCUT2D eigenvalue weighted by Gasteiger charge is -2.24. The fourth-order valence-corrected chi connectivity index (χ4v) is 2.54. The average molecular weight is 218 g/mol. The molecule has 1 aliphatic heterocycles. The van der Waals surface area contributed by atoms with Crippen LogP contribution in [-0.2, 0) is 6.42 Å². The summed E-state index contributed by atoms with van der Waals surface area (Å²) >= 11 is 0. The van der Waals surface area contributed by atoms with Crippen molar-refractivity contribution in [3.05, 3.63) is 29.6 Å². The first-order chi connectivity index (χ1) is 7.77. The van der Waals surface area contributed by atoms with Crippen molar-refractivity contribution < 1.29 is 0 Å². The Kier molecular flexibility index (Phi) is 3.94. The highest BCUT2D eigenvalue weighted by atomic mass is 14.9. The van der Waals surface area contributed by atoms with E-state index < -0.39 is 0 Å². The summed E-state index contributed by atoms with van der Waals surface area (Å²) in [6.07, 6.45) is 7.85. The average Bonchev–Trinajstić information content (AvgIpc) is 2.31. The van der Waals surface area contributed by atoms with Crippen molar-refractivity contribution in [1.29, 1.82) is 0 Å². The molecule has 0 unspecified atom stereocenters. The molecule has 0 spiro atoms. The third-order valence-electron chi connectivity index (χ3n) is 3.54. The molecule has 0 atom stereocenters. The Labute approximate surface area is 98.5 Å². The van der Waals surface area contributed by atoms with Gasteiger partial charge in [-0.25, -0.2) is 0 Å². The Bertz CT molecular complexity index is 327. The summed E-state index contributed by atoms with van der Waals surface area (Å²) in [6, 6.07) is 2.21. The molecule has 0 aromatic carbocycles. The lowest BCUT2D eigenvalue weighted by Crippen LogP contribution is -2.28. The van der Waals surface area contributed by atoms with Gasteiger partial charge in [0.05, 0.1) is 0 Å². The predicted octanol–water partition coefficient (Wildman–Crippen LogP) is 2.75. The topological polar surface area (TPSA) is 24.9 Å². The van der Waals surface area contributed by atoms with Crippen molar-refractivity contribution in [2.75, 3.05) is 13.1 Å². The minimum atomic E-state index is 0.588. The zero-order valence-electron chi connectivity index (χ0n) is 10.4. The standard InChI is InChI=1S/C14H22N2/c1-11(2)14-10-16-8-5-13(14)9-12-3-6-15-7-4-12/h5,8,10-12,15H,3-4,6-7,9H2,1-2H3. The molecular formula is C14H22N2. The van der Waals surface area contributed by atoms with Gasteiger partial charge in [-0.3, -0.25) is 4.98 Å². The molecule has 0 bridgehead atoms. The van der Waals surface area contributed by atoms with Crippen LogP contribution in [0.1, 0.15) is 43.7 Å². The Hall–Kier alpha value is -0.890. The Morgan fingerprint density at radius 1 is 1.38 bits per heavy atom. The summed E-state index contributed by atoms with van der Waals surface area (Å²) in [5, 5.41) is 3.43. The molecule has 2 heteroatoms. The molecule has 2 heterocycles. The molecule has 1 saturated heterocycles. The summed E-state index contributed by atoms with van der Waals surface area (Å²) in [6.45, 7) is 6.88. The van der Waals surface area contributed by atoms with Crippen LogP contribution >= 0.6 is 0 Å². The maximum Gasteiger partial charge on any atom is 0.0305 e. The van der Waals surface area contributed by atoms with Gasteiger partial charge in [0.1, 0.15) is 0 Å². The van der Waals surface area contributed by atoms with Crippen LogP contribution in [-0.4, -0.2) is 18.1 Å². The lowest BCUT2D eigenvalue weighted by molar-refractivity contribution is 0.371. The third-order valence-corrected chi connectivity index (χ3v) is 3.54. The van der Waals surface area contributed by atoms with Crippen molar-refractivity contribution in [2.24, 2.45) is 5.92 Å². The van der Waals surface area contributed by atoms with Gasteiger partial charge in [-0.05, 0) is 61.4 Å². The van der Waals surface area contributed by atoms with E-state index in [2.05, 4.69) is 30.2 Å². The highest BCUT2D eigenvalue weighted by molar-refractivity contribution is 5.26. The van der Waals surface area contributed by atoms with Gasteiger partial charge in [0, 0.05) is 12.4 Å². The Morgan fingerprint density at radius 3 is 2.81 bits per heavy atom. The summed E-state index contributed by atoms with van der Waals surface area (Å²) in [5.41, 5.74) is 2.94. The quantitative estimate of drug-likeness (QED) is 0.844. The van der Waals surface area contributed by atoms with Crippen LogP contribution in [0.15, 0.2) is 18.5 Å². The normalized spacial score (nSPS) is 17.9. The van der Waals surface area contributed by atoms with Gasteiger partial charge in [0.2, 0.25) is 0 Å². The van der Waals surface area contributed by atoms with Crippen LogP contribution in [0.3, 0.4) is 0 Å². The molecule has 1 aromatic rings. The molecule has 16 heavy (non-hydrogen) atoms. The van der Waals surface area contributed by atoms with Crippen molar-refractivity contribution in [1.82, 2.24) is 10.3 Å². The van der Waals surface area contributed by atoms with Gasteiger partial charge in [-0.1, -0.05) is 13.8 Å². The SMILES string of the molecule is CC(C)c1cnccc1CC1CCNCC1. The van der Waals surface area contributed by atoms with Gasteiger partial charge < -0.3 is 5.32 Å². The Balaban J connectivity index is 2.07.